The molecule has 1 aliphatic rings. The molecule has 0 bridgehead atoms. The van der Waals surface area contributed by atoms with Crippen molar-refractivity contribution in [3.8, 4) is 0 Å². The van der Waals surface area contributed by atoms with Crippen LogP contribution >= 0.6 is 0 Å². The number of rotatable bonds is 1. The van der Waals surface area contributed by atoms with E-state index in [9.17, 15) is 0 Å². The molecular weight excluding hydrogens is 280 g/mol. The highest BCUT2D eigenvalue weighted by molar-refractivity contribution is 5.80. The third kappa shape index (κ3) is 2.65. The third-order valence-corrected chi connectivity index (χ3v) is 5.76. The van der Waals surface area contributed by atoms with Crippen LogP contribution in [0, 0.1) is 11.3 Å². The number of hydrogen-bond acceptors (Lipinski definition) is 1. The normalized spacial score (nSPS) is 22.7. The van der Waals surface area contributed by atoms with Gasteiger partial charge in [0.25, 0.3) is 0 Å². The molecule has 4 rings (SSSR count). The van der Waals surface area contributed by atoms with Crippen molar-refractivity contribution >= 4 is 16.7 Å². The van der Waals surface area contributed by atoms with Crippen LogP contribution in [0.5, 0.6) is 0 Å². The van der Waals surface area contributed by atoms with Crippen LogP contribution < -0.4 is 0 Å². The fraction of sp³-hybridized carbons (Fsp3) is 0.476. The molecule has 1 aliphatic carbocycles. The van der Waals surface area contributed by atoms with Gasteiger partial charge in [-0.15, -0.1) is 0 Å². The Kier molecular flexibility index (Phi) is 3.44. The van der Waals surface area contributed by atoms with E-state index in [1.54, 1.807) is 0 Å². The van der Waals surface area contributed by atoms with Gasteiger partial charge in [0.15, 0.2) is 0 Å². The summed E-state index contributed by atoms with van der Waals surface area (Å²) in [6, 6.07) is 13.0. The fourth-order valence-corrected chi connectivity index (χ4v) is 4.23. The second-order valence-electron chi connectivity index (χ2n) is 8.20. The lowest BCUT2D eigenvalue weighted by Crippen LogP contribution is -2.25. The maximum Gasteiger partial charge on any atom is 0.138 e. The van der Waals surface area contributed by atoms with Crippen LogP contribution in [0.3, 0.4) is 0 Å². The Morgan fingerprint density at radius 3 is 2.48 bits per heavy atom. The predicted molar refractivity (Wildman–Crippen MR) is 96.9 cm³/mol. The lowest BCUT2D eigenvalue weighted by Gasteiger charge is -2.37. The van der Waals surface area contributed by atoms with E-state index in [1.807, 2.05) is 0 Å². The SMILES string of the molecule is CC(C)(C)C1CCC(c2ccn3c(c2)nc2ccccc23)CC1. The molecule has 23 heavy (non-hydrogen) atoms. The fourth-order valence-electron chi connectivity index (χ4n) is 4.23. The molecule has 3 aromatic rings. The van der Waals surface area contributed by atoms with Crippen molar-refractivity contribution in [2.24, 2.45) is 11.3 Å². The summed E-state index contributed by atoms with van der Waals surface area (Å²) in [5.41, 5.74) is 5.30. The lowest BCUT2D eigenvalue weighted by atomic mass is 9.69. The zero-order chi connectivity index (χ0) is 16.0. The molecule has 2 heteroatoms. The van der Waals surface area contributed by atoms with Gasteiger partial charge in [0.1, 0.15) is 5.65 Å². The second kappa shape index (κ2) is 5.36. The quantitative estimate of drug-likeness (QED) is 0.554. The van der Waals surface area contributed by atoms with Crippen LogP contribution in [0.15, 0.2) is 42.6 Å². The molecule has 0 unspecified atom stereocenters. The van der Waals surface area contributed by atoms with Gasteiger partial charge in [-0.3, -0.25) is 4.40 Å². The molecule has 1 fully saturated rings. The van der Waals surface area contributed by atoms with Crippen LogP contribution in [0.4, 0.5) is 0 Å². The Labute approximate surface area is 138 Å². The molecule has 0 aliphatic heterocycles. The molecule has 2 heterocycles. The van der Waals surface area contributed by atoms with Crippen LogP contribution in [-0.4, -0.2) is 9.38 Å². The second-order valence-corrected chi connectivity index (χ2v) is 8.20. The summed E-state index contributed by atoms with van der Waals surface area (Å²) in [6.07, 6.45) is 7.55. The highest BCUT2D eigenvalue weighted by Crippen LogP contribution is 2.43. The van der Waals surface area contributed by atoms with Gasteiger partial charge >= 0.3 is 0 Å². The molecule has 0 spiro atoms. The van der Waals surface area contributed by atoms with Crippen LogP contribution in [-0.2, 0) is 0 Å². The summed E-state index contributed by atoms with van der Waals surface area (Å²) in [6.45, 7) is 7.17. The van der Waals surface area contributed by atoms with Gasteiger partial charge in [-0.05, 0) is 72.8 Å². The summed E-state index contributed by atoms with van der Waals surface area (Å²) in [5.74, 6) is 1.58. The molecule has 1 aromatic carbocycles. The van der Waals surface area contributed by atoms with E-state index in [4.69, 9.17) is 4.98 Å². The topological polar surface area (TPSA) is 17.3 Å². The van der Waals surface area contributed by atoms with Crippen molar-refractivity contribution in [3.05, 3.63) is 48.2 Å². The van der Waals surface area contributed by atoms with E-state index in [2.05, 4.69) is 67.8 Å². The first kappa shape index (κ1) is 14.7. The summed E-state index contributed by atoms with van der Waals surface area (Å²) in [5, 5.41) is 0. The number of nitrogens with zero attached hydrogens (tertiary/aromatic N) is 2. The van der Waals surface area contributed by atoms with Gasteiger partial charge in [-0.25, -0.2) is 4.98 Å². The Morgan fingerprint density at radius 1 is 1.00 bits per heavy atom. The largest absolute Gasteiger partial charge is 0.300 e. The Balaban J connectivity index is 1.62. The first-order valence-corrected chi connectivity index (χ1v) is 8.89. The average molecular weight is 306 g/mol. The minimum Gasteiger partial charge on any atom is -0.300 e. The number of imidazole rings is 1. The van der Waals surface area contributed by atoms with Gasteiger partial charge < -0.3 is 0 Å². The van der Waals surface area contributed by atoms with Gasteiger partial charge in [-0.1, -0.05) is 32.9 Å². The van der Waals surface area contributed by atoms with Gasteiger partial charge in [-0.2, -0.15) is 0 Å². The molecule has 1 saturated carbocycles. The van der Waals surface area contributed by atoms with Crippen LogP contribution in [0.2, 0.25) is 0 Å². The van der Waals surface area contributed by atoms with Crippen molar-refractivity contribution in [2.45, 2.75) is 52.4 Å². The van der Waals surface area contributed by atoms with Gasteiger partial charge in [0.2, 0.25) is 0 Å². The number of para-hydroxylation sites is 2. The number of aromatic nitrogens is 2. The standard InChI is InChI=1S/C21H26N2/c1-21(2,3)17-10-8-15(9-11-17)16-12-13-23-19-7-5-4-6-18(19)22-20(23)14-16/h4-7,12-15,17H,8-11H2,1-3H3. The first-order valence-electron chi connectivity index (χ1n) is 8.89. The van der Waals surface area contributed by atoms with Crippen molar-refractivity contribution in [1.29, 1.82) is 0 Å². The zero-order valence-corrected chi connectivity index (χ0v) is 14.4. The van der Waals surface area contributed by atoms with Crippen molar-refractivity contribution in [3.63, 3.8) is 0 Å². The molecule has 0 N–H and O–H groups in total. The molecule has 120 valence electrons. The minimum absolute atomic E-state index is 0.454. The third-order valence-electron chi connectivity index (χ3n) is 5.76. The molecular formula is C21H26N2. The first-order chi connectivity index (χ1) is 11.0. The lowest BCUT2D eigenvalue weighted by molar-refractivity contribution is 0.169. The average Bonchev–Trinajstić information content (AvgIpc) is 2.92. The van der Waals surface area contributed by atoms with E-state index < -0.39 is 0 Å². The molecule has 2 nitrogen and oxygen atoms in total. The molecule has 0 atom stereocenters. The van der Waals surface area contributed by atoms with Crippen molar-refractivity contribution < 1.29 is 0 Å². The van der Waals surface area contributed by atoms with Crippen molar-refractivity contribution in [1.82, 2.24) is 9.38 Å². The minimum atomic E-state index is 0.454. The maximum atomic E-state index is 4.79. The van der Waals surface area contributed by atoms with Crippen LogP contribution in [0.1, 0.15) is 57.9 Å². The monoisotopic (exact) mass is 306 g/mol. The highest BCUT2D eigenvalue weighted by Gasteiger charge is 2.30. The Morgan fingerprint density at radius 2 is 1.74 bits per heavy atom. The number of benzene rings is 1. The van der Waals surface area contributed by atoms with Gasteiger partial charge in [0.05, 0.1) is 11.0 Å². The summed E-state index contributed by atoms with van der Waals surface area (Å²) >= 11 is 0. The molecule has 0 radical (unpaired) electrons. The highest BCUT2D eigenvalue weighted by atomic mass is 15.0. The zero-order valence-electron chi connectivity index (χ0n) is 14.4. The van der Waals surface area contributed by atoms with E-state index in [1.165, 1.54) is 36.8 Å². The summed E-state index contributed by atoms with van der Waals surface area (Å²) in [4.78, 5) is 4.79. The smallest absolute Gasteiger partial charge is 0.138 e. The van der Waals surface area contributed by atoms with E-state index >= 15 is 0 Å². The Hall–Kier alpha value is -1.83. The van der Waals surface area contributed by atoms with E-state index in [-0.39, 0.29) is 0 Å². The maximum absolute atomic E-state index is 4.79. The molecule has 2 aromatic heterocycles. The Bertz CT molecular complexity index is 830. The van der Waals surface area contributed by atoms with Crippen LogP contribution in [0.25, 0.3) is 16.7 Å². The summed E-state index contributed by atoms with van der Waals surface area (Å²) < 4.78 is 2.21. The number of fused-ring (bicyclic) bond motifs is 3. The van der Waals surface area contributed by atoms with E-state index in [0.717, 1.165) is 17.1 Å². The number of pyridine rings is 1. The summed E-state index contributed by atoms with van der Waals surface area (Å²) in [7, 11) is 0. The molecule has 0 saturated heterocycles. The molecule has 0 amide bonds. The predicted octanol–water partition coefficient (Wildman–Crippen LogP) is 5.81. The van der Waals surface area contributed by atoms with Gasteiger partial charge in [0, 0.05) is 6.20 Å². The van der Waals surface area contributed by atoms with E-state index in [0.29, 0.717) is 11.3 Å². The number of hydrogen-bond donors (Lipinski definition) is 0. The van der Waals surface area contributed by atoms with Crippen molar-refractivity contribution in [2.75, 3.05) is 0 Å².